The lowest BCUT2D eigenvalue weighted by molar-refractivity contribution is -0.131. The highest BCUT2D eigenvalue weighted by Crippen LogP contribution is 2.23. The van der Waals surface area contributed by atoms with Gasteiger partial charge in [-0.25, -0.2) is 9.97 Å². The zero-order chi connectivity index (χ0) is 18.6. The highest BCUT2D eigenvalue weighted by molar-refractivity contribution is 8.00. The molecule has 2 heterocycles. The van der Waals surface area contributed by atoms with Gasteiger partial charge in [0.1, 0.15) is 0 Å². The van der Waals surface area contributed by atoms with E-state index in [0.717, 1.165) is 17.0 Å². The molecular weight excluding hydrogens is 334 g/mol. The summed E-state index contributed by atoms with van der Waals surface area (Å²) in [6.45, 7) is 11.3. The molecule has 7 heteroatoms. The van der Waals surface area contributed by atoms with Crippen LogP contribution < -0.4 is 0 Å². The third-order valence-corrected chi connectivity index (χ3v) is 4.57. The standard InChI is InChI=1S/C18H27N5OS/c1-12(2)9-23(11-16-8-19-22(6)10-16)17(24)15(5)25-18-20-13(3)7-14(4)21-18/h7-8,10,12,15H,9,11H2,1-6H3. The lowest BCUT2D eigenvalue weighted by Crippen LogP contribution is -2.38. The number of amides is 1. The average molecular weight is 362 g/mol. The van der Waals surface area contributed by atoms with Crippen LogP contribution in [0.5, 0.6) is 0 Å². The molecule has 136 valence electrons. The van der Waals surface area contributed by atoms with Crippen molar-refractivity contribution >= 4 is 17.7 Å². The predicted molar refractivity (Wildman–Crippen MR) is 100 cm³/mol. The first-order valence-electron chi connectivity index (χ1n) is 8.50. The number of thioether (sulfide) groups is 1. The van der Waals surface area contributed by atoms with E-state index in [1.54, 1.807) is 4.68 Å². The highest BCUT2D eigenvalue weighted by atomic mass is 32.2. The van der Waals surface area contributed by atoms with Gasteiger partial charge in [0, 0.05) is 43.3 Å². The van der Waals surface area contributed by atoms with E-state index in [1.807, 2.05) is 51.2 Å². The van der Waals surface area contributed by atoms with Gasteiger partial charge in [-0.15, -0.1) is 0 Å². The van der Waals surface area contributed by atoms with Gasteiger partial charge in [0.15, 0.2) is 5.16 Å². The smallest absolute Gasteiger partial charge is 0.236 e. The zero-order valence-corrected chi connectivity index (χ0v) is 16.7. The topological polar surface area (TPSA) is 63.9 Å². The molecule has 0 aliphatic rings. The molecule has 1 atom stereocenters. The molecule has 0 aliphatic carbocycles. The Morgan fingerprint density at radius 2 is 1.88 bits per heavy atom. The van der Waals surface area contributed by atoms with Gasteiger partial charge < -0.3 is 4.90 Å². The first-order chi connectivity index (χ1) is 11.7. The molecule has 2 aromatic rings. The first-order valence-corrected chi connectivity index (χ1v) is 9.37. The minimum absolute atomic E-state index is 0.102. The number of carbonyl (C=O) groups excluding carboxylic acids is 1. The van der Waals surface area contributed by atoms with E-state index in [2.05, 4.69) is 28.9 Å². The monoisotopic (exact) mass is 361 g/mol. The van der Waals surface area contributed by atoms with Crippen LogP contribution in [0.15, 0.2) is 23.6 Å². The fraction of sp³-hybridized carbons (Fsp3) is 0.556. The molecule has 0 N–H and O–H groups in total. The van der Waals surface area contributed by atoms with Gasteiger partial charge in [-0.2, -0.15) is 5.10 Å². The van der Waals surface area contributed by atoms with Crippen molar-refractivity contribution in [2.75, 3.05) is 6.54 Å². The number of carbonyl (C=O) groups is 1. The molecule has 0 spiro atoms. The van der Waals surface area contributed by atoms with Crippen molar-refractivity contribution in [1.82, 2.24) is 24.6 Å². The SMILES string of the molecule is Cc1cc(C)nc(SC(C)C(=O)N(Cc2cnn(C)c2)CC(C)C)n1. The summed E-state index contributed by atoms with van der Waals surface area (Å²) >= 11 is 1.42. The van der Waals surface area contributed by atoms with E-state index in [4.69, 9.17) is 0 Å². The maximum absolute atomic E-state index is 13.0. The Balaban J connectivity index is 2.10. The van der Waals surface area contributed by atoms with Crippen molar-refractivity contribution in [3.05, 3.63) is 35.4 Å². The van der Waals surface area contributed by atoms with E-state index in [0.29, 0.717) is 24.2 Å². The molecule has 0 aromatic carbocycles. The lowest BCUT2D eigenvalue weighted by Gasteiger charge is -2.26. The van der Waals surface area contributed by atoms with Crippen LogP contribution in [0.25, 0.3) is 0 Å². The molecule has 0 bridgehead atoms. The van der Waals surface area contributed by atoms with Crippen molar-refractivity contribution in [2.45, 2.75) is 51.6 Å². The summed E-state index contributed by atoms with van der Waals surface area (Å²) < 4.78 is 1.76. The Labute approximate surface area is 154 Å². The van der Waals surface area contributed by atoms with Crippen molar-refractivity contribution in [3.8, 4) is 0 Å². The molecule has 0 radical (unpaired) electrons. The van der Waals surface area contributed by atoms with E-state index in [9.17, 15) is 4.79 Å². The third-order valence-electron chi connectivity index (χ3n) is 3.62. The average Bonchev–Trinajstić information content (AvgIpc) is 2.89. The third kappa shape index (κ3) is 5.85. The van der Waals surface area contributed by atoms with Gasteiger partial charge in [0.2, 0.25) is 5.91 Å². The van der Waals surface area contributed by atoms with E-state index in [1.165, 1.54) is 11.8 Å². The maximum atomic E-state index is 13.0. The van der Waals surface area contributed by atoms with Gasteiger partial charge in [-0.05, 0) is 32.8 Å². The summed E-state index contributed by atoms with van der Waals surface area (Å²) in [7, 11) is 1.88. The van der Waals surface area contributed by atoms with Crippen LogP contribution in [0.2, 0.25) is 0 Å². The van der Waals surface area contributed by atoms with Crippen LogP contribution in [0.4, 0.5) is 0 Å². The summed E-state index contributed by atoms with van der Waals surface area (Å²) in [5.41, 5.74) is 2.88. The summed E-state index contributed by atoms with van der Waals surface area (Å²) in [5.74, 6) is 0.501. The van der Waals surface area contributed by atoms with Crippen molar-refractivity contribution in [1.29, 1.82) is 0 Å². The molecule has 25 heavy (non-hydrogen) atoms. The molecule has 0 fully saturated rings. The predicted octanol–water partition coefficient (Wildman–Crippen LogP) is 2.99. The Kier molecular flexibility index (Phi) is 6.58. The molecule has 0 saturated carbocycles. The highest BCUT2D eigenvalue weighted by Gasteiger charge is 2.24. The van der Waals surface area contributed by atoms with Gasteiger partial charge in [0.05, 0.1) is 11.4 Å². The second-order valence-corrected chi connectivity index (χ2v) is 8.14. The molecule has 1 unspecified atom stereocenters. The van der Waals surface area contributed by atoms with Gasteiger partial charge in [-0.1, -0.05) is 25.6 Å². The summed E-state index contributed by atoms with van der Waals surface area (Å²) in [6, 6.07) is 1.93. The minimum atomic E-state index is -0.239. The number of hydrogen-bond acceptors (Lipinski definition) is 5. The summed E-state index contributed by atoms with van der Waals surface area (Å²) in [6.07, 6.45) is 3.76. The van der Waals surface area contributed by atoms with Crippen molar-refractivity contribution < 1.29 is 4.79 Å². The fourth-order valence-corrected chi connectivity index (χ4v) is 3.62. The lowest BCUT2D eigenvalue weighted by atomic mass is 10.2. The Morgan fingerprint density at radius 3 is 2.40 bits per heavy atom. The number of hydrogen-bond donors (Lipinski definition) is 0. The van der Waals surface area contributed by atoms with Crippen LogP contribution in [0, 0.1) is 19.8 Å². The van der Waals surface area contributed by atoms with Crippen LogP contribution in [-0.2, 0) is 18.4 Å². The first kappa shape index (κ1) is 19.4. The second kappa shape index (κ2) is 8.47. The van der Waals surface area contributed by atoms with Gasteiger partial charge in [-0.3, -0.25) is 9.48 Å². The Hall–Kier alpha value is -1.89. The van der Waals surface area contributed by atoms with E-state index >= 15 is 0 Å². The Morgan fingerprint density at radius 1 is 1.24 bits per heavy atom. The number of aromatic nitrogens is 4. The number of aryl methyl sites for hydroxylation is 3. The number of rotatable bonds is 7. The van der Waals surface area contributed by atoms with Crippen molar-refractivity contribution in [3.63, 3.8) is 0 Å². The fourth-order valence-electron chi connectivity index (χ4n) is 2.66. The molecule has 1 amide bonds. The molecular formula is C18H27N5OS. The van der Waals surface area contributed by atoms with Gasteiger partial charge >= 0.3 is 0 Å². The molecule has 0 saturated heterocycles. The van der Waals surface area contributed by atoms with Crippen LogP contribution in [-0.4, -0.2) is 42.4 Å². The normalized spacial score (nSPS) is 12.4. The largest absolute Gasteiger partial charge is 0.337 e. The summed E-state index contributed by atoms with van der Waals surface area (Å²) in [5, 5.41) is 4.61. The molecule has 2 rings (SSSR count). The van der Waals surface area contributed by atoms with Crippen LogP contribution in [0.1, 0.15) is 37.7 Å². The van der Waals surface area contributed by atoms with Crippen LogP contribution in [0.3, 0.4) is 0 Å². The van der Waals surface area contributed by atoms with E-state index in [-0.39, 0.29) is 11.2 Å². The minimum Gasteiger partial charge on any atom is -0.337 e. The number of nitrogens with zero attached hydrogens (tertiary/aromatic N) is 5. The van der Waals surface area contributed by atoms with Gasteiger partial charge in [0.25, 0.3) is 0 Å². The second-order valence-electron chi connectivity index (χ2n) is 6.83. The maximum Gasteiger partial charge on any atom is 0.236 e. The van der Waals surface area contributed by atoms with Crippen LogP contribution >= 0.6 is 11.8 Å². The summed E-state index contributed by atoms with van der Waals surface area (Å²) in [4.78, 5) is 23.8. The zero-order valence-electron chi connectivity index (χ0n) is 15.9. The quantitative estimate of drug-likeness (QED) is 0.560. The molecule has 2 aromatic heterocycles. The Bertz CT molecular complexity index is 708. The molecule has 6 nitrogen and oxygen atoms in total. The van der Waals surface area contributed by atoms with Crippen molar-refractivity contribution in [2.24, 2.45) is 13.0 Å². The molecule has 0 aliphatic heterocycles. The van der Waals surface area contributed by atoms with E-state index < -0.39 is 0 Å².